The van der Waals surface area contributed by atoms with Gasteiger partial charge in [-0.3, -0.25) is 0 Å². The van der Waals surface area contributed by atoms with Crippen LogP contribution in [-0.4, -0.2) is 11.1 Å². The molecule has 0 unspecified atom stereocenters. The van der Waals surface area contributed by atoms with Crippen LogP contribution in [0.1, 0.15) is 35.0 Å². The van der Waals surface area contributed by atoms with Crippen LogP contribution >= 0.6 is 11.3 Å². The fourth-order valence-electron chi connectivity index (χ4n) is 1.89. The molecule has 4 nitrogen and oxygen atoms in total. The van der Waals surface area contributed by atoms with E-state index in [1.54, 1.807) is 11.3 Å². The Morgan fingerprint density at radius 3 is 2.90 bits per heavy atom. The fourth-order valence-corrected chi connectivity index (χ4v) is 2.71. The predicted octanol–water partition coefficient (Wildman–Crippen LogP) is 3.45. The van der Waals surface area contributed by atoms with Crippen molar-refractivity contribution in [2.75, 3.05) is 0 Å². The zero-order valence-electron chi connectivity index (χ0n) is 11.0. The molecule has 5 heteroatoms. The van der Waals surface area contributed by atoms with Crippen LogP contribution in [0.25, 0.3) is 0 Å². The van der Waals surface area contributed by atoms with Crippen LogP contribution in [0.15, 0.2) is 35.7 Å². The van der Waals surface area contributed by atoms with E-state index in [0.29, 0.717) is 12.5 Å². The van der Waals surface area contributed by atoms with Gasteiger partial charge in [-0.05, 0) is 18.4 Å². The van der Waals surface area contributed by atoms with Crippen molar-refractivity contribution in [1.82, 2.24) is 10.3 Å². The summed E-state index contributed by atoms with van der Waals surface area (Å²) < 4.78 is 5.14. The van der Waals surface area contributed by atoms with Crippen molar-refractivity contribution in [3.63, 3.8) is 0 Å². The average Bonchev–Trinajstić information content (AvgIpc) is 3.23. The quantitative estimate of drug-likeness (QED) is 0.916. The summed E-state index contributed by atoms with van der Waals surface area (Å²) in [6.45, 7) is 0.725. The summed E-state index contributed by atoms with van der Waals surface area (Å²) in [4.78, 5) is 16.1. The molecule has 0 atom stereocenters. The van der Waals surface area contributed by atoms with Crippen LogP contribution in [0.2, 0.25) is 0 Å². The lowest BCUT2D eigenvalue weighted by Crippen LogP contribution is -2.23. The van der Waals surface area contributed by atoms with E-state index >= 15 is 0 Å². The van der Waals surface area contributed by atoms with Gasteiger partial charge in [-0.15, -0.1) is 11.3 Å². The molecule has 1 aliphatic rings. The molecule has 104 valence electrons. The lowest BCUT2D eigenvalue weighted by Gasteiger charge is -2.05. The number of nitrogens with one attached hydrogen (secondary N) is 1. The topological polar surface area (TPSA) is 51.2 Å². The van der Waals surface area contributed by atoms with E-state index in [-0.39, 0.29) is 6.61 Å². The molecule has 0 bridgehead atoms. The van der Waals surface area contributed by atoms with Gasteiger partial charge in [-0.2, -0.15) is 0 Å². The SMILES string of the molecule is O=C(NCc1nc(C2CC2)cs1)OCc1ccccc1. The molecule has 1 aromatic carbocycles. The Morgan fingerprint density at radius 1 is 1.35 bits per heavy atom. The highest BCUT2D eigenvalue weighted by atomic mass is 32.1. The van der Waals surface area contributed by atoms with Crippen LogP contribution < -0.4 is 5.32 Å². The lowest BCUT2D eigenvalue weighted by molar-refractivity contribution is 0.139. The fraction of sp³-hybridized carbons (Fsp3) is 0.333. The summed E-state index contributed by atoms with van der Waals surface area (Å²) >= 11 is 1.59. The van der Waals surface area contributed by atoms with Gasteiger partial charge in [0.25, 0.3) is 0 Å². The van der Waals surface area contributed by atoms with Crippen molar-refractivity contribution in [2.45, 2.75) is 31.9 Å². The van der Waals surface area contributed by atoms with Crippen LogP contribution in [0.4, 0.5) is 4.79 Å². The van der Waals surface area contributed by atoms with Crippen molar-refractivity contribution in [3.05, 3.63) is 52.0 Å². The Hall–Kier alpha value is -1.88. The molecule has 3 rings (SSSR count). The molecule has 0 radical (unpaired) electrons. The van der Waals surface area contributed by atoms with Crippen LogP contribution in [0.5, 0.6) is 0 Å². The molecular formula is C15H16N2O2S. The standard InChI is InChI=1S/C15H16N2O2S/c18-15(19-9-11-4-2-1-3-5-11)16-8-14-17-13(10-20-14)12-6-7-12/h1-5,10,12H,6-9H2,(H,16,18). The first-order valence-corrected chi connectivity index (χ1v) is 7.58. The number of hydrogen-bond donors (Lipinski definition) is 1. The van der Waals surface area contributed by atoms with E-state index in [1.807, 2.05) is 30.3 Å². The number of hydrogen-bond acceptors (Lipinski definition) is 4. The molecule has 20 heavy (non-hydrogen) atoms. The molecule has 1 heterocycles. The summed E-state index contributed by atoms with van der Waals surface area (Å²) in [5.74, 6) is 0.657. The zero-order valence-corrected chi connectivity index (χ0v) is 11.9. The number of carbonyl (C=O) groups is 1. The number of alkyl carbamates (subject to hydrolysis) is 1. The highest BCUT2D eigenvalue weighted by Gasteiger charge is 2.25. The van der Waals surface area contributed by atoms with Crippen molar-refractivity contribution in [2.24, 2.45) is 0 Å². The number of ether oxygens (including phenoxy) is 1. The lowest BCUT2D eigenvalue weighted by atomic mass is 10.2. The van der Waals surface area contributed by atoms with Gasteiger partial charge in [-0.1, -0.05) is 30.3 Å². The van der Waals surface area contributed by atoms with E-state index in [4.69, 9.17) is 4.74 Å². The summed E-state index contributed by atoms with van der Waals surface area (Å²) in [6.07, 6.45) is 2.09. The maximum Gasteiger partial charge on any atom is 0.407 e. The maximum absolute atomic E-state index is 11.6. The Balaban J connectivity index is 1.42. The summed E-state index contributed by atoms with van der Waals surface area (Å²) in [5.41, 5.74) is 2.15. The van der Waals surface area contributed by atoms with Crippen molar-refractivity contribution >= 4 is 17.4 Å². The number of benzene rings is 1. The average molecular weight is 288 g/mol. The van der Waals surface area contributed by atoms with Gasteiger partial charge >= 0.3 is 6.09 Å². The van der Waals surface area contributed by atoms with Gasteiger partial charge in [0.05, 0.1) is 12.2 Å². The second-order valence-corrected chi connectivity index (χ2v) is 5.80. The normalized spacial score (nSPS) is 14.0. The molecule has 1 aromatic heterocycles. The monoisotopic (exact) mass is 288 g/mol. The number of aromatic nitrogens is 1. The van der Waals surface area contributed by atoms with Gasteiger partial charge in [0.1, 0.15) is 11.6 Å². The van der Waals surface area contributed by atoms with Crippen LogP contribution in [-0.2, 0) is 17.9 Å². The minimum atomic E-state index is -0.406. The van der Waals surface area contributed by atoms with Gasteiger partial charge in [0.15, 0.2) is 0 Å². The minimum Gasteiger partial charge on any atom is -0.445 e. The smallest absolute Gasteiger partial charge is 0.407 e. The van der Waals surface area contributed by atoms with E-state index < -0.39 is 6.09 Å². The first-order chi connectivity index (χ1) is 9.81. The van der Waals surface area contributed by atoms with Gasteiger partial charge in [0.2, 0.25) is 0 Å². The highest BCUT2D eigenvalue weighted by Crippen LogP contribution is 2.40. The second kappa shape index (κ2) is 6.05. The third-order valence-corrected chi connectivity index (χ3v) is 4.03. The Labute approximate surface area is 121 Å². The number of amides is 1. The number of thiazole rings is 1. The van der Waals surface area contributed by atoms with Gasteiger partial charge < -0.3 is 10.1 Å². The maximum atomic E-state index is 11.6. The first kappa shape index (κ1) is 13.1. The number of carbonyl (C=O) groups excluding carboxylic acids is 1. The predicted molar refractivity (Wildman–Crippen MR) is 77.6 cm³/mol. The summed E-state index contributed by atoms with van der Waals surface area (Å²) in [5, 5.41) is 5.75. The van der Waals surface area contributed by atoms with E-state index in [9.17, 15) is 4.79 Å². The summed E-state index contributed by atoms with van der Waals surface area (Å²) in [7, 11) is 0. The van der Waals surface area contributed by atoms with Crippen molar-refractivity contribution in [1.29, 1.82) is 0 Å². The largest absolute Gasteiger partial charge is 0.445 e. The number of rotatable bonds is 5. The van der Waals surface area contributed by atoms with Crippen molar-refractivity contribution < 1.29 is 9.53 Å². The molecular weight excluding hydrogens is 272 g/mol. The summed E-state index contributed by atoms with van der Waals surface area (Å²) in [6, 6.07) is 9.63. The Bertz CT molecular complexity index is 579. The molecule has 1 saturated carbocycles. The van der Waals surface area contributed by atoms with Gasteiger partial charge in [-0.25, -0.2) is 9.78 Å². The van der Waals surface area contributed by atoms with Crippen LogP contribution in [0, 0.1) is 0 Å². The molecule has 1 N–H and O–H groups in total. The third-order valence-electron chi connectivity index (χ3n) is 3.16. The molecule has 0 saturated heterocycles. The Morgan fingerprint density at radius 2 is 2.15 bits per heavy atom. The second-order valence-electron chi connectivity index (χ2n) is 4.86. The third kappa shape index (κ3) is 3.57. The van der Waals surface area contributed by atoms with Gasteiger partial charge in [0, 0.05) is 11.3 Å². The van der Waals surface area contributed by atoms with E-state index in [0.717, 1.165) is 10.6 Å². The molecule has 1 amide bonds. The zero-order chi connectivity index (χ0) is 13.8. The molecule has 0 spiro atoms. The molecule has 1 fully saturated rings. The van der Waals surface area contributed by atoms with Crippen molar-refractivity contribution in [3.8, 4) is 0 Å². The number of nitrogens with zero attached hydrogens (tertiary/aromatic N) is 1. The van der Waals surface area contributed by atoms with E-state index in [1.165, 1.54) is 18.5 Å². The highest BCUT2D eigenvalue weighted by molar-refractivity contribution is 7.09. The molecule has 2 aromatic rings. The minimum absolute atomic E-state index is 0.290. The molecule has 0 aliphatic heterocycles. The van der Waals surface area contributed by atoms with E-state index in [2.05, 4.69) is 15.7 Å². The van der Waals surface area contributed by atoms with Crippen LogP contribution in [0.3, 0.4) is 0 Å². The first-order valence-electron chi connectivity index (χ1n) is 6.70. The Kier molecular flexibility index (Phi) is 3.97. The molecule has 1 aliphatic carbocycles.